The molecule has 5 heteroatoms. The number of halogens is 1. The fraction of sp³-hybridized carbons (Fsp3) is 0.222. The van der Waals surface area contributed by atoms with E-state index in [1.54, 1.807) is 31.5 Å². The number of aromatic nitrogens is 3. The van der Waals surface area contributed by atoms with Crippen LogP contribution in [0.5, 0.6) is 0 Å². The molecule has 2 aromatic heterocycles. The molecular weight excluding hydrogens is 293 g/mol. The average Bonchev–Trinajstić information content (AvgIpc) is 3.07. The minimum atomic E-state index is -0.944. The first-order valence-electron chi connectivity index (χ1n) is 7.56. The van der Waals surface area contributed by atoms with Crippen LogP contribution in [0, 0.1) is 5.82 Å². The third kappa shape index (κ3) is 2.24. The molecule has 1 aliphatic heterocycles. The predicted molar refractivity (Wildman–Crippen MR) is 85.0 cm³/mol. The molecule has 0 bridgehead atoms. The Morgan fingerprint density at radius 1 is 1.09 bits per heavy atom. The zero-order chi connectivity index (χ0) is 16.0. The number of imidazole rings is 1. The maximum Gasteiger partial charge on any atom is 0.141 e. The SMILES string of the molecule is CC1(O)CCn2c1nc(-c1ccc(F)cc1)c2-c1ccncc1. The molecule has 1 unspecified atom stereocenters. The van der Waals surface area contributed by atoms with Gasteiger partial charge in [0.05, 0.1) is 11.4 Å². The van der Waals surface area contributed by atoms with Gasteiger partial charge in [-0.2, -0.15) is 0 Å². The van der Waals surface area contributed by atoms with Crippen LogP contribution in [0.4, 0.5) is 4.39 Å². The molecule has 0 aliphatic carbocycles. The molecule has 1 N–H and O–H groups in total. The van der Waals surface area contributed by atoms with E-state index in [0.717, 1.165) is 22.5 Å². The van der Waals surface area contributed by atoms with Crippen molar-refractivity contribution in [1.29, 1.82) is 0 Å². The van der Waals surface area contributed by atoms with Crippen LogP contribution in [-0.2, 0) is 12.1 Å². The molecule has 1 aromatic carbocycles. The average molecular weight is 309 g/mol. The number of rotatable bonds is 2. The smallest absolute Gasteiger partial charge is 0.141 e. The maximum absolute atomic E-state index is 13.2. The Kier molecular flexibility index (Phi) is 3.06. The van der Waals surface area contributed by atoms with Gasteiger partial charge in [-0.05, 0) is 43.3 Å². The molecule has 116 valence electrons. The topological polar surface area (TPSA) is 50.9 Å². The summed E-state index contributed by atoms with van der Waals surface area (Å²) >= 11 is 0. The van der Waals surface area contributed by atoms with Crippen LogP contribution in [0.3, 0.4) is 0 Å². The van der Waals surface area contributed by atoms with Crippen molar-refractivity contribution in [3.05, 3.63) is 60.4 Å². The molecule has 4 rings (SSSR count). The Bertz CT molecular complexity index is 854. The molecule has 4 nitrogen and oxygen atoms in total. The second-order valence-corrected chi connectivity index (χ2v) is 6.05. The van der Waals surface area contributed by atoms with Gasteiger partial charge in [-0.3, -0.25) is 4.98 Å². The highest BCUT2D eigenvalue weighted by Gasteiger charge is 2.37. The Balaban J connectivity index is 1.97. The Morgan fingerprint density at radius 3 is 2.48 bits per heavy atom. The van der Waals surface area contributed by atoms with E-state index in [9.17, 15) is 9.50 Å². The lowest BCUT2D eigenvalue weighted by atomic mass is 10.0. The molecule has 1 atom stereocenters. The van der Waals surface area contributed by atoms with Crippen molar-refractivity contribution >= 4 is 0 Å². The Morgan fingerprint density at radius 2 is 1.78 bits per heavy atom. The predicted octanol–water partition coefficient (Wildman–Crippen LogP) is 3.36. The van der Waals surface area contributed by atoms with Gasteiger partial charge < -0.3 is 9.67 Å². The van der Waals surface area contributed by atoms with E-state index in [1.165, 1.54) is 12.1 Å². The molecule has 0 spiro atoms. The Hall–Kier alpha value is -2.53. The fourth-order valence-electron chi connectivity index (χ4n) is 3.13. The van der Waals surface area contributed by atoms with E-state index in [2.05, 4.69) is 9.97 Å². The van der Waals surface area contributed by atoms with Crippen LogP contribution in [0.1, 0.15) is 19.2 Å². The van der Waals surface area contributed by atoms with Gasteiger partial charge in [0.2, 0.25) is 0 Å². The van der Waals surface area contributed by atoms with Crippen molar-refractivity contribution in [2.75, 3.05) is 0 Å². The van der Waals surface area contributed by atoms with E-state index in [1.807, 2.05) is 16.7 Å². The summed E-state index contributed by atoms with van der Waals surface area (Å²) in [6.07, 6.45) is 4.10. The first-order chi connectivity index (χ1) is 11.1. The lowest BCUT2D eigenvalue weighted by Crippen LogP contribution is -2.17. The summed E-state index contributed by atoms with van der Waals surface area (Å²) in [7, 11) is 0. The third-order valence-electron chi connectivity index (χ3n) is 4.34. The lowest BCUT2D eigenvalue weighted by molar-refractivity contribution is 0.0552. The first kappa shape index (κ1) is 14.1. The van der Waals surface area contributed by atoms with Crippen molar-refractivity contribution in [2.45, 2.75) is 25.5 Å². The summed E-state index contributed by atoms with van der Waals surface area (Å²) in [5.74, 6) is 0.376. The van der Waals surface area contributed by atoms with Crippen LogP contribution in [-0.4, -0.2) is 19.6 Å². The van der Waals surface area contributed by atoms with Crippen molar-refractivity contribution in [1.82, 2.24) is 14.5 Å². The zero-order valence-corrected chi connectivity index (χ0v) is 12.7. The summed E-state index contributed by atoms with van der Waals surface area (Å²) in [5.41, 5.74) is 2.56. The molecular formula is C18H16FN3O. The number of fused-ring (bicyclic) bond motifs is 1. The van der Waals surface area contributed by atoms with Gasteiger partial charge in [-0.1, -0.05) is 0 Å². The highest BCUT2D eigenvalue weighted by molar-refractivity contribution is 5.79. The van der Waals surface area contributed by atoms with Crippen LogP contribution >= 0.6 is 0 Å². The third-order valence-corrected chi connectivity index (χ3v) is 4.34. The van der Waals surface area contributed by atoms with E-state index in [-0.39, 0.29) is 5.82 Å². The minimum Gasteiger partial charge on any atom is -0.382 e. The number of aliphatic hydroxyl groups is 1. The molecule has 0 amide bonds. The van der Waals surface area contributed by atoms with Gasteiger partial charge in [0, 0.05) is 36.5 Å². The molecule has 3 heterocycles. The van der Waals surface area contributed by atoms with Crippen molar-refractivity contribution in [3.8, 4) is 22.5 Å². The molecule has 0 saturated heterocycles. The second kappa shape index (κ2) is 4.99. The fourth-order valence-corrected chi connectivity index (χ4v) is 3.13. The van der Waals surface area contributed by atoms with Crippen molar-refractivity contribution < 1.29 is 9.50 Å². The van der Waals surface area contributed by atoms with Crippen molar-refractivity contribution in [3.63, 3.8) is 0 Å². The van der Waals surface area contributed by atoms with E-state index in [4.69, 9.17) is 0 Å². The standard InChI is InChI=1S/C18H16FN3O/c1-18(23)8-11-22-16(13-6-9-20-10-7-13)15(21-17(18)22)12-2-4-14(19)5-3-12/h2-7,9-10,23H,8,11H2,1H3. The normalized spacial score (nSPS) is 19.8. The maximum atomic E-state index is 13.2. The summed E-state index contributed by atoms with van der Waals surface area (Å²) in [4.78, 5) is 8.75. The number of hydrogen-bond donors (Lipinski definition) is 1. The number of benzene rings is 1. The molecule has 3 aromatic rings. The highest BCUT2D eigenvalue weighted by atomic mass is 19.1. The largest absolute Gasteiger partial charge is 0.382 e. The van der Waals surface area contributed by atoms with Crippen LogP contribution in [0.2, 0.25) is 0 Å². The molecule has 0 fully saturated rings. The summed E-state index contributed by atoms with van der Waals surface area (Å²) < 4.78 is 15.3. The van der Waals surface area contributed by atoms with E-state index in [0.29, 0.717) is 18.8 Å². The molecule has 0 radical (unpaired) electrons. The van der Waals surface area contributed by atoms with Gasteiger partial charge in [0.1, 0.15) is 17.2 Å². The lowest BCUT2D eigenvalue weighted by Gasteiger charge is -2.12. The molecule has 0 saturated carbocycles. The second-order valence-electron chi connectivity index (χ2n) is 6.05. The molecule has 23 heavy (non-hydrogen) atoms. The van der Waals surface area contributed by atoms with Gasteiger partial charge in [0.25, 0.3) is 0 Å². The minimum absolute atomic E-state index is 0.280. The van der Waals surface area contributed by atoms with Gasteiger partial charge in [-0.25, -0.2) is 9.37 Å². The van der Waals surface area contributed by atoms with Crippen molar-refractivity contribution in [2.24, 2.45) is 0 Å². The number of nitrogens with zero attached hydrogens (tertiary/aromatic N) is 3. The van der Waals surface area contributed by atoms with Crippen LogP contribution < -0.4 is 0 Å². The zero-order valence-electron chi connectivity index (χ0n) is 12.7. The van der Waals surface area contributed by atoms with Crippen LogP contribution in [0.25, 0.3) is 22.5 Å². The Labute approximate surface area is 133 Å². The first-order valence-corrected chi connectivity index (χ1v) is 7.56. The van der Waals surface area contributed by atoms with E-state index >= 15 is 0 Å². The van der Waals surface area contributed by atoms with Crippen LogP contribution in [0.15, 0.2) is 48.8 Å². The van der Waals surface area contributed by atoms with E-state index < -0.39 is 5.60 Å². The van der Waals surface area contributed by atoms with Gasteiger partial charge in [-0.15, -0.1) is 0 Å². The van der Waals surface area contributed by atoms with Gasteiger partial charge in [0.15, 0.2) is 0 Å². The highest BCUT2D eigenvalue weighted by Crippen LogP contribution is 2.40. The summed E-state index contributed by atoms with van der Waals surface area (Å²) in [6, 6.07) is 10.1. The van der Waals surface area contributed by atoms with Gasteiger partial charge >= 0.3 is 0 Å². The summed E-state index contributed by atoms with van der Waals surface area (Å²) in [5, 5.41) is 10.6. The number of pyridine rings is 1. The monoisotopic (exact) mass is 309 g/mol. The summed E-state index contributed by atoms with van der Waals surface area (Å²) in [6.45, 7) is 2.48. The number of hydrogen-bond acceptors (Lipinski definition) is 3. The molecule has 1 aliphatic rings. The quantitative estimate of drug-likeness (QED) is 0.789.